The fraction of sp³-hybridized carbons (Fsp3) is 0.0588. The van der Waals surface area contributed by atoms with Crippen molar-refractivity contribution in [2.45, 2.75) is 0 Å². The lowest BCUT2D eigenvalue weighted by Crippen LogP contribution is -2.27. The summed E-state index contributed by atoms with van der Waals surface area (Å²) < 4.78 is 5.97. The molecule has 1 saturated heterocycles. The van der Waals surface area contributed by atoms with Gasteiger partial charge in [0.15, 0.2) is 0 Å². The number of thioether (sulfide) groups is 1. The molecule has 116 valence electrons. The molecule has 0 bridgehead atoms. The lowest BCUT2D eigenvalue weighted by atomic mass is 10.2. The molecule has 1 aliphatic rings. The number of methoxy groups -OCH3 is 1. The Kier molecular flexibility index (Phi) is 4.54. The van der Waals surface area contributed by atoms with E-state index in [1.165, 1.54) is 4.90 Å². The van der Waals surface area contributed by atoms with E-state index in [1.54, 1.807) is 43.5 Å². The Balaban J connectivity index is 1.91. The van der Waals surface area contributed by atoms with Crippen molar-refractivity contribution in [3.05, 3.63) is 63.5 Å². The summed E-state index contributed by atoms with van der Waals surface area (Å²) in [7, 11) is 1.59. The summed E-state index contributed by atoms with van der Waals surface area (Å²) in [6, 6.07) is 14.4. The van der Waals surface area contributed by atoms with Gasteiger partial charge in [-0.15, -0.1) is 0 Å². The summed E-state index contributed by atoms with van der Waals surface area (Å²) in [5, 5.41) is -0.292. The van der Waals surface area contributed by atoms with Crippen LogP contribution in [0, 0.1) is 0 Å². The number of ether oxygens (including phenoxy) is 1. The Bertz CT molecular complexity index is 805. The lowest BCUT2D eigenvalue weighted by molar-refractivity contribution is -0.113. The first kappa shape index (κ1) is 15.8. The molecular weight excluding hydrogens is 378 g/mol. The topological polar surface area (TPSA) is 46.6 Å². The van der Waals surface area contributed by atoms with Crippen molar-refractivity contribution in [1.82, 2.24) is 0 Å². The van der Waals surface area contributed by atoms with Gasteiger partial charge in [0.05, 0.1) is 22.2 Å². The van der Waals surface area contributed by atoms with Gasteiger partial charge >= 0.3 is 0 Å². The Morgan fingerprint density at radius 2 is 1.87 bits per heavy atom. The highest BCUT2D eigenvalue weighted by molar-refractivity contribution is 9.10. The van der Waals surface area contributed by atoms with Crippen molar-refractivity contribution in [3.8, 4) is 5.75 Å². The van der Waals surface area contributed by atoms with Crippen LogP contribution in [-0.2, 0) is 4.79 Å². The SMILES string of the molecule is COc1ccc(/C=C2/SC(=O)N(c3ccccc3)C2=O)cc1Br. The van der Waals surface area contributed by atoms with Crippen LogP contribution in [0.3, 0.4) is 0 Å². The third-order valence-electron chi connectivity index (χ3n) is 3.28. The van der Waals surface area contributed by atoms with Gasteiger partial charge in [-0.3, -0.25) is 9.59 Å². The quantitative estimate of drug-likeness (QED) is 0.713. The van der Waals surface area contributed by atoms with Crippen molar-refractivity contribution >= 4 is 50.6 Å². The highest BCUT2D eigenvalue weighted by Crippen LogP contribution is 2.36. The van der Waals surface area contributed by atoms with Crippen LogP contribution >= 0.6 is 27.7 Å². The Labute approximate surface area is 146 Å². The fourth-order valence-corrected chi connectivity index (χ4v) is 3.59. The fourth-order valence-electron chi connectivity index (χ4n) is 2.19. The second kappa shape index (κ2) is 6.60. The molecule has 1 fully saturated rings. The summed E-state index contributed by atoms with van der Waals surface area (Å²) in [6.07, 6.45) is 1.71. The minimum Gasteiger partial charge on any atom is -0.496 e. The number of rotatable bonds is 3. The molecule has 0 aromatic heterocycles. The number of carbonyl (C=O) groups excluding carboxylic acids is 2. The van der Waals surface area contributed by atoms with Crippen LogP contribution in [0.15, 0.2) is 57.9 Å². The molecule has 0 aliphatic carbocycles. The highest BCUT2D eigenvalue weighted by atomic mass is 79.9. The van der Waals surface area contributed by atoms with E-state index in [-0.39, 0.29) is 11.1 Å². The molecule has 3 rings (SSSR count). The maximum absolute atomic E-state index is 12.5. The largest absolute Gasteiger partial charge is 0.496 e. The molecule has 4 nitrogen and oxygen atoms in total. The molecule has 0 N–H and O–H groups in total. The molecule has 0 unspecified atom stereocenters. The molecule has 0 atom stereocenters. The molecule has 2 aromatic carbocycles. The van der Waals surface area contributed by atoms with Crippen LogP contribution in [0.25, 0.3) is 6.08 Å². The first-order chi connectivity index (χ1) is 11.1. The van der Waals surface area contributed by atoms with Gasteiger partial charge in [-0.25, -0.2) is 4.90 Å². The van der Waals surface area contributed by atoms with Crippen molar-refractivity contribution in [2.75, 3.05) is 12.0 Å². The molecule has 1 aliphatic heterocycles. The van der Waals surface area contributed by atoms with E-state index < -0.39 is 0 Å². The van der Waals surface area contributed by atoms with Crippen molar-refractivity contribution in [1.29, 1.82) is 0 Å². The number of anilines is 1. The van der Waals surface area contributed by atoms with Gasteiger partial charge in [-0.1, -0.05) is 24.3 Å². The van der Waals surface area contributed by atoms with Crippen molar-refractivity contribution in [2.24, 2.45) is 0 Å². The lowest BCUT2D eigenvalue weighted by Gasteiger charge is -2.11. The molecule has 0 spiro atoms. The molecule has 1 heterocycles. The normalized spacial score (nSPS) is 16.3. The summed E-state index contributed by atoms with van der Waals surface area (Å²) >= 11 is 4.35. The number of benzene rings is 2. The number of hydrogen-bond acceptors (Lipinski definition) is 4. The summed E-state index contributed by atoms with van der Waals surface area (Å²) in [6.45, 7) is 0. The zero-order valence-corrected chi connectivity index (χ0v) is 14.6. The average Bonchev–Trinajstić information content (AvgIpc) is 2.82. The number of para-hydroxylation sites is 1. The van der Waals surface area contributed by atoms with Gasteiger partial charge in [0.1, 0.15) is 5.75 Å². The van der Waals surface area contributed by atoms with Crippen LogP contribution in [0.4, 0.5) is 10.5 Å². The van der Waals surface area contributed by atoms with Gasteiger partial charge < -0.3 is 4.74 Å². The first-order valence-electron chi connectivity index (χ1n) is 6.76. The summed E-state index contributed by atoms with van der Waals surface area (Å²) in [4.78, 5) is 26.2. The number of halogens is 1. The van der Waals surface area contributed by atoms with Gasteiger partial charge in [-0.2, -0.15) is 0 Å². The molecule has 0 radical (unpaired) electrons. The van der Waals surface area contributed by atoms with Crippen molar-refractivity contribution in [3.63, 3.8) is 0 Å². The van der Waals surface area contributed by atoms with E-state index in [4.69, 9.17) is 4.74 Å². The second-order valence-electron chi connectivity index (χ2n) is 4.75. The second-order valence-corrected chi connectivity index (χ2v) is 6.59. The van der Waals surface area contributed by atoms with E-state index in [0.29, 0.717) is 16.3 Å². The smallest absolute Gasteiger partial charge is 0.298 e. The number of amides is 2. The molecular formula is C17H12BrNO3S. The summed E-state index contributed by atoms with van der Waals surface area (Å²) in [5.74, 6) is 0.401. The molecule has 23 heavy (non-hydrogen) atoms. The third kappa shape index (κ3) is 3.18. The zero-order valence-electron chi connectivity index (χ0n) is 12.2. The van der Waals surface area contributed by atoms with Crippen LogP contribution in [0.5, 0.6) is 5.75 Å². The highest BCUT2D eigenvalue weighted by Gasteiger charge is 2.36. The average molecular weight is 390 g/mol. The van der Waals surface area contributed by atoms with E-state index >= 15 is 0 Å². The van der Waals surface area contributed by atoms with Crippen LogP contribution < -0.4 is 9.64 Å². The molecule has 2 aromatic rings. The minimum absolute atomic E-state index is 0.292. The maximum atomic E-state index is 12.5. The number of nitrogens with zero attached hydrogens (tertiary/aromatic N) is 1. The predicted molar refractivity (Wildman–Crippen MR) is 95.6 cm³/mol. The Morgan fingerprint density at radius 1 is 1.13 bits per heavy atom. The van der Waals surface area contributed by atoms with E-state index in [2.05, 4.69) is 15.9 Å². The van der Waals surface area contributed by atoms with Crippen LogP contribution in [0.1, 0.15) is 5.56 Å². The number of imide groups is 1. The first-order valence-corrected chi connectivity index (χ1v) is 8.37. The third-order valence-corrected chi connectivity index (χ3v) is 4.77. The van der Waals surface area contributed by atoms with Gasteiger partial charge in [-0.05, 0) is 63.6 Å². The Hall–Kier alpha value is -2.05. The predicted octanol–water partition coefficient (Wildman–Crippen LogP) is 4.70. The van der Waals surface area contributed by atoms with E-state index in [0.717, 1.165) is 21.8 Å². The maximum Gasteiger partial charge on any atom is 0.298 e. The van der Waals surface area contributed by atoms with Gasteiger partial charge in [0.2, 0.25) is 0 Å². The van der Waals surface area contributed by atoms with Gasteiger partial charge in [0.25, 0.3) is 11.1 Å². The molecule has 0 saturated carbocycles. The summed E-state index contributed by atoms with van der Waals surface area (Å²) in [5.41, 5.74) is 1.39. The zero-order chi connectivity index (χ0) is 16.4. The van der Waals surface area contributed by atoms with Gasteiger partial charge in [0, 0.05) is 0 Å². The van der Waals surface area contributed by atoms with E-state index in [1.807, 2.05) is 18.2 Å². The standard InChI is InChI=1S/C17H12BrNO3S/c1-22-14-8-7-11(9-13(14)18)10-15-16(20)19(17(21)23-15)12-5-3-2-4-6-12/h2-10H,1H3/b15-10+. The van der Waals surface area contributed by atoms with Crippen molar-refractivity contribution < 1.29 is 14.3 Å². The van der Waals surface area contributed by atoms with Crippen LogP contribution in [0.2, 0.25) is 0 Å². The Morgan fingerprint density at radius 3 is 2.52 bits per heavy atom. The molecule has 6 heteroatoms. The number of hydrogen-bond donors (Lipinski definition) is 0. The number of carbonyl (C=O) groups is 2. The minimum atomic E-state index is -0.307. The van der Waals surface area contributed by atoms with Crippen LogP contribution in [-0.4, -0.2) is 18.3 Å². The van der Waals surface area contributed by atoms with E-state index in [9.17, 15) is 9.59 Å². The molecule has 2 amide bonds. The monoisotopic (exact) mass is 389 g/mol.